The Labute approximate surface area is 157 Å². The van der Waals surface area contributed by atoms with Crippen molar-refractivity contribution in [3.05, 3.63) is 18.1 Å². The molecule has 1 amide bonds. The van der Waals surface area contributed by atoms with E-state index in [9.17, 15) is 4.79 Å². The number of likely N-dealkylation sites (tertiary alicyclic amines) is 1. The normalized spacial score (nSPS) is 23.5. The minimum atomic E-state index is 0.339. The first-order chi connectivity index (χ1) is 12.3. The van der Waals surface area contributed by atoms with Gasteiger partial charge in [-0.1, -0.05) is 13.8 Å². The number of aromatic nitrogens is 2. The molecule has 2 aliphatic rings. The van der Waals surface area contributed by atoms with Crippen molar-refractivity contribution in [1.29, 1.82) is 0 Å². The fourth-order valence-corrected chi connectivity index (χ4v) is 4.21. The molecule has 0 aromatic carbocycles. The number of likely N-dealkylation sites (N-methyl/N-ethyl adjacent to an activating group) is 1. The third-order valence-corrected chi connectivity index (χ3v) is 6.18. The number of amides is 1. The van der Waals surface area contributed by atoms with Gasteiger partial charge in [0.25, 0.3) is 0 Å². The van der Waals surface area contributed by atoms with Crippen LogP contribution in [0.25, 0.3) is 0 Å². The van der Waals surface area contributed by atoms with Crippen molar-refractivity contribution in [2.45, 2.75) is 65.0 Å². The Hall–Kier alpha value is -1.69. The standard InChI is InChI=1S/C20H33N5O/c1-20(2)8-4-15(5-9-20)12-19(26)25-11-7-16(13-25)24(3)14-18-22-10-6-17(21)23-18/h6,10,15-16H,4-5,7-9,11-14H2,1-3H3,(H2,21,22,23)/t16-/m0/s1. The van der Waals surface area contributed by atoms with Gasteiger partial charge in [0, 0.05) is 31.7 Å². The molecule has 2 N–H and O–H groups in total. The molecule has 6 heteroatoms. The first kappa shape index (κ1) is 19.1. The Morgan fingerprint density at radius 2 is 2.08 bits per heavy atom. The molecule has 0 unspecified atom stereocenters. The van der Waals surface area contributed by atoms with Gasteiger partial charge in [-0.05, 0) is 56.6 Å². The lowest BCUT2D eigenvalue weighted by atomic mass is 9.72. The van der Waals surface area contributed by atoms with Gasteiger partial charge in [0.05, 0.1) is 6.54 Å². The first-order valence-corrected chi connectivity index (χ1v) is 9.88. The summed E-state index contributed by atoms with van der Waals surface area (Å²) in [6, 6.07) is 2.07. The molecule has 1 aromatic rings. The van der Waals surface area contributed by atoms with E-state index in [1.54, 1.807) is 12.3 Å². The molecule has 1 aliphatic carbocycles. The number of nitrogens with two attached hydrogens (primary N) is 1. The van der Waals surface area contributed by atoms with Gasteiger partial charge in [-0.15, -0.1) is 0 Å². The molecule has 26 heavy (non-hydrogen) atoms. The van der Waals surface area contributed by atoms with E-state index in [2.05, 4.69) is 40.7 Å². The van der Waals surface area contributed by atoms with Crippen molar-refractivity contribution in [3.63, 3.8) is 0 Å². The van der Waals surface area contributed by atoms with E-state index in [1.165, 1.54) is 25.7 Å². The first-order valence-electron chi connectivity index (χ1n) is 9.88. The average molecular weight is 360 g/mol. The maximum Gasteiger partial charge on any atom is 0.222 e. The van der Waals surface area contributed by atoms with Crippen LogP contribution in [0, 0.1) is 11.3 Å². The van der Waals surface area contributed by atoms with Crippen LogP contribution in [-0.2, 0) is 11.3 Å². The lowest BCUT2D eigenvalue weighted by Gasteiger charge is -2.34. The van der Waals surface area contributed by atoms with E-state index in [-0.39, 0.29) is 0 Å². The largest absolute Gasteiger partial charge is 0.384 e. The Balaban J connectivity index is 1.46. The van der Waals surface area contributed by atoms with Crippen LogP contribution >= 0.6 is 0 Å². The highest BCUT2D eigenvalue weighted by atomic mass is 16.2. The molecule has 6 nitrogen and oxygen atoms in total. The van der Waals surface area contributed by atoms with Gasteiger partial charge in [-0.2, -0.15) is 0 Å². The summed E-state index contributed by atoms with van der Waals surface area (Å²) in [4.78, 5) is 25.6. The highest BCUT2D eigenvalue weighted by Gasteiger charge is 2.32. The average Bonchev–Trinajstić information content (AvgIpc) is 3.07. The van der Waals surface area contributed by atoms with Crippen LogP contribution in [-0.4, -0.2) is 51.9 Å². The van der Waals surface area contributed by atoms with Gasteiger partial charge in [0.15, 0.2) is 0 Å². The number of nitrogens with zero attached hydrogens (tertiary/aromatic N) is 4. The number of nitrogen functional groups attached to an aromatic ring is 1. The highest BCUT2D eigenvalue weighted by molar-refractivity contribution is 5.76. The second-order valence-corrected chi connectivity index (χ2v) is 8.91. The van der Waals surface area contributed by atoms with Gasteiger partial charge < -0.3 is 10.6 Å². The Morgan fingerprint density at radius 1 is 1.35 bits per heavy atom. The maximum absolute atomic E-state index is 12.7. The molecule has 2 fully saturated rings. The summed E-state index contributed by atoms with van der Waals surface area (Å²) < 4.78 is 0. The van der Waals surface area contributed by atoms with Gasteiger partial charge in [-0.3, -0.25) is 9.69 Å². The van der Waals surface area contributed by atoms with Crippen molar-refractivity contribution in [2.24, 2.45) is 11.3 Å². The lowest BCUT2D eigenvalue weighted by Crippen LogP contribution is -2.37. The van der Waals surface area contributed by atoms with E-state index in [0.717, 1.165) is 31.8 Å². The summed E-state index contributed by atoms with van der Waals surface area (Å²) in [6.45, 7) is 7.03. The molecular weight excluding hydrogens is 326 g/mol. The summed E-state index contributed by atoms with van der Waals surface area (Å²) in [5.41, 5.74) is 6.19. The van der Waals surface area contributed by atoms with Crippen molar-refractivity contribution < 1.29 is 4.79 Å². The second-order valence-electron chi connectivity index (χ2n) is 8.91. The summed E-state index contributed by atoms with van der Waals surface area (Å²) in [7, 11) is 2.08. The molecule has 3 rings (SSSR count). The Bertz CT molecular complexity index is 622. The third kappa shape index (κ3) is 4.93. The van der Waals surface area contributed by atoms with Gasteiger partial charge in [0.2, 0.25) is 5.91 Å². The van der Waals surface area contributed by atoms with Crippen LogP contribution in [0.4, 0.5) is 5.82 Å². The zero-order valence-corrected chi connectivity index (χ0v) is 16.4. The molecule has 1 aliphatic heterocycles. The van der Waals surface area contributed by atoms with E-state index in [0.29, 0.717) is 35.6 Å². The minimum absolute atomic E-state index is 0.339. The molecule has 144 valence electrons. The predicted molar refractivity (Wildman–Crippen MR) is 103 cm³/mol. The topological polar surface area (TPSA) is 75.4 Å². The van der Waals surface area contributed by atoms with E-state index in [4.69, 9.17) is 5.73 Å². The second kappa shape index (κ2) is 7.91. The van der Waals surface area contributed by atoms with Crippen LogP contribution < -0.4 is 5.73 Å². The van der Waals surface area contributed by atoms with Crippen molar-refractivity contribution in [1.82, 2.24) is 19.8 Å². The SMILES string of the molecule is CN(Cc1nccc(N)n1)[C@H]1CCN(C(=O)CC2CCC(C)(C)CC2)C1. The summed E-state index contributed by atoms with van der Waals surface area (Å²) in [6.07, 6.45) is 8.33. The molecular formula is C20H33N5O. The Kier molecular flexibility index (Phi) is 5.80. The molecule has 0 radical (unpaired) electrons. The smallest absolute Gasteiger partial charge is 0.222 e. The molecule has 1 saturated carbocycles. The fourth-order valence-electron chi connectivity index (χ4n) is 4.21. The highest BCUT2D eigenvalue weighted by Crippen LogP contribution is 2.39. The lowest BCUT2D eigenvalue weighted by molar-refractivity contribution is -0.131. The van der Waals surface area contributed by atoms with Gasteiger partial charge in [0.1, 0.15) is 11.6 Å². The maximum atomic E-state index is 12.7. The van der Waals surface area contributed by atoms with Gasteiger partial charge in [-0.25, -0.2) is 9.97 Å². The van der Waals surface area contributed by atoms with Crippen LogP contribution in [0.15, 0.2) is 12.3 Å². The van der Waals surface area contributed by atoms with Crippen LogP contribution in [0.5, 0.6) is 0 Å². The summed E-state index contributed by atoms with van der Waals surface area (Å²) in [5.74, 6) is 2.16. The molecule has 1 saturated heterocycles. The number of hydrogen-bond acceptors (Lipinski definition) is 5. The minimum Gasteiger partial charge on any atom is -0.384 e. The van der Waals surface area contributed by atoms with Crippen molar-refractivity contribution in [3.8, 4) is 0 Å². The number of anilines is 1. The van der Waals surface area contributed by atoms with Crippen LogP contribution in [0.2, 0.25) is 0 Å². The van der Waals surface area contributed by atoms with Crippen LogP contribution in [0.1, 0.15) is 58.2 Å². The zero-order chi connectivity index (χ0) is 18.7. The molecule has 0 spiro atoms. The Morgan fingerprint density at radius 3 is 2.77 bits per heavy atom. The van der Waals surface area contributed by atoms with Crippen molar-refractivity contribution >= 4 is 11.7 Å². The molecule has 2 heterocycles. The molecule has 1 atom stereocenters. The predicted octanol–water partition coefficient (Wildman–Crippen LogP) is 2.70. The molecule has 0 bridgehead atoms. The number of carbonyl (C=O) groups excluding carboxylic acids is 1. The number of carbonyl (C=O) groups is 1. The van der Waals surface area contributed by atoms with Crippen LogP contribution in [0.3, 0.4) is 0 Å². The summed E-state index contributed by atoms with van der Waals surface area (Å²) in [5, 5.41) is 0. The number of hydrogen-bond donors (Lipinski definition) is 1. The monoisotopic (exact) mass is 359 g/mol. The number of rotatable bonds is 5. The third-order valence-electron chi connectivity index (χ3n) is 6.18. The van der Waals surface area contributed by atoms with Crippen molar-refractivity contribution in [2.75, 3.05) is 25.9 Å². The van der Waals surface area contributed by atoms with Gasteiger partial charge >= 0.3 is 0 Å². The fraction of sp³-hybridized carbons (Fsp3) is 0.750. The summed E-state index contributed by atoms with van der Waals surface area (Å²) >= 11 is 0. The quantitative estimate of drug-likeness (QED) is 0.875. The molecule has 1 aromatic heterocycles. The van der Waals surface area contributed by atoms with E-state index < -0.39 is 0 Å². The van der Waals surface area contributed by atoms with E-state index >= 15 is 0 Å². The zero-order valence-electron chi connectivity index (χ0n) is 16.4. The van der Waals surface area contributed by atoms with E-state index in [1.807, 2.05) is 0 Å².